The van der Waals surface area contributed by atoms with Crippen LogP contribution in [0.25, 0.3) is 0 Å². The lowest BCUT2D eigenvalue weighted by molar-refractivity contribution is -0.130. The maximum Gasteiger partial charge on any atom is 0.229 e. The van der Waals surface area contributed by atoms with Gasteiger partial charge in [-0.15, -0.1) is 0 Å². The van der Waals surface area contributed by atoms with Crippen LogP contribution in [-0.4, -0.2) is 45.7 Å². The van der Waals surface area contributed by atoms with Crippen LogP contribution >= 0.6 is 0 Å². The van der Waals surface area contributed by atoms with Gasteiger partial charge >= 0.3 is 0 Å². The molecule has 0 saturated carbocycles. The number of nitrogens with zero attached hydrogens (tertiary/aromatic N) is 1. The number of hydrogen-bond acceptors (Lipinski definition) is 4. The first kappa shape index (κ1) is 15.3. The molecule has 1 aromatic carbocycles. The summed E-state index contributed by atoms with van der Waals surface area (Å²) in [6.07, 6.45) is 0.604. The second kappa shape index (κ2) is 6.99. The lowest BCUT2D eigenvalue weighted by Crippen LogP contribution is -2.29. The van der Waals surface area contributed by atoms with E-state index in [9.17, 15) is 4.79 Å². The van der Waals surface area contributed by atoms with Gasteiger partial charge in [0.2, 0.25) is 5.91 Å². The average Bonchev–Trinajstić information content (AvgIpc) is 2.43. The summed E-state index contributed by atoms with van der Waals surface area (Å²) in [6, 6.07) is 5.52. The molecular formula is C14H22N2O3. The number of amides is 1. The molecule has 0 aliphatic heterocycles. The summed E-state index contributed by atoms with van der Waals surface area (Å²) in [4.78, 5) is 13.8. The standard InChI is InChI=1S/C14H22N2O3/c1-16(2)14(17)11(7-8-15)10-5-6-12(18-3)13(9-10)19-4/h5-6,9,11H,7-8,15H2,1-4H3. The highest BCUT2D eigenvalue weighted by Crippen LogP contribution is 2.32. The number of carbonyl (C=O) groups is 1. The van der Waals surface area contributed by atoms with E-state index in [2.05, 4.69) is 0 Å². The molecule has 0 aliphatic carbocycles. The molecule has 0 heterocycles. The van der Waals surface area contributed by atoms with Crippen LogP contribution < -0.4 is 15.2 Å². The van der Waals surface area contributed by atoms with E-state index < -0.39 is 0 Å². The van der Waals surface area contributed by atoms with Crippen molar-refractivity contribution in [2.24, 2.45) is 5.73 Å². The molecule has 1 amide bonds. The van der Waals surface area contributed by atoms with E-state index in [1.165, 1.54) is 0 Å². The van der Waals surface area contributed by atoms with Crippen molar-refractivity contribution in [2.75, 3.05) is 34.9 Å². The van der Waals surface area contributed by atoms with Crippen molar-refractivity contribution >= 4 is 5.91 Å². The maximum absolute atomic E-state index is 12.2. The predicted octanol–water partition coefficient (Wildman–Crippen LogP) is 1.22. The number of methoxy groups -OCH3 is 2. The van der Waals surface area contributed by atoms with Crippen molar-refractivity contribution in [1.82, 2.24) is 4.90 Å². The smallest absolute Gasteiger partial charge is 0.229 e. The minimum absolute atomic E-state index is 0.0395. The summed E-state index contributed by atoms with van der Waals surface area (Å²) >= 11 is 0. The third-order valence-corrected chi connectivity index (χ3v) is 3.00. The Labute approximate surface area is 114 Å². The number of ether oxygens (including phenoxy) is 2. The fraction of sp³-hybridized carbons (Fsp3) is 0.500. The van der Waals surface area contributed by atoms with Crippen LogP contribution in [0.1, 0.15) is 17.9 Å². The van der Waals surface area contributed by atoms with Gasteiger partial charge in [0.05, 0.1) is 20.1 Å². The molecule has 1 unspecified atom stereocenters. The highest BCUT2D eigenvalue weighted by Gasteiger charge is 2.22. The normalized spacial score (nSPS) is 11.8. The molecular weight excluding hydrogens is 244 g/mol. The second-order valence-electron chi connectivity index (χ2n) is 4.48. The van der Waals surface area contributed by atoms with E-state index in [4.69, 9.17) is 15.2 Å². The predicted molar refractivity (Wildman–Crippen MR) is 74.7 cm³/mol. The van der Waals surface area contributed by atoms with E-state index in [1.807, 2.05) is 12.1 Å². The van der Waals surface area contributed by atoms with E-state index in [0.717, 1.165) is 5.56 Å². The zero-order chi connectivity index (χ0) is 14.4. The van der Waals surface area contributed by atoms with Crippen molar-refractivity contribution in [2.45, 2.75) is 12.3 Å². The van der Waals surface area contributed by atoms with Gasteiger partial charge in [-0.05, 0) is 30.7 Å². The SMILES string of the molecule is COc1ccc(C(CCN)C(=O)N(C)C)cc1OC. The van der Waals surface area contributed by atoms with E-state index in [-0.39, 0.29) is 11.8 Å². The van der Waals surface area contributed by atoms with Crippen molar-refractivity contribution in [3.8, 4) is 11.5 Å². The van der Waals surface area contributed by atoms with Gasteiger partial charge in [0.15, 0.2) is 11.5 Å². The highest BCUT2D eigenvalue weighted by molar-refractivity contribution is 5.83. The van der Waals surface area contributed by atoms with Gasteiger partial charge in [-0.1, -0.05) is 6.07 Å². The zero-order valence-corrected chi connectivity index (χ0v) is 12.0. The second-order valence-corrected chi connectivity index (χ2v) is 4.48. The Morgan fingerprint density at radius 3 is 2.37 bits per heavy atom. The molecule has 0 fully saturated rings. The first-order chi connectivity index (χ1) is 9.04. The molecule has 106 valence electrons. The van der Waals surface area contributed by atoms with Gasteiger partial charge in [-0.25, -0.2) is 0 Å². The van der Waals surface area contributed by atoms with Gasteiger partial charge in [-0.2, -0.15) is 0 Å². The Balaban J connectivity index is 3.12. The average molecular weight is 266 g/mol. The van der Waals surface area contributed by atoms with Crippen LogP contribution in [-0.2, 0) is 4.79 Å². The van der Waals surface area contributed by atoms with Crippen molar-refractivity contribution in [3.63, 3.8) is 0 Å². The summed E-state index contributed by atoms with van der Waals surface area (Å²) in [6.45, 7) is 0.457. The van der Waals surface area contributed by atoms with Crippen LogP contribution in [0.3, 0.4) is 0 Å². The minimum atomic E-state index is -0.250. The van der Waals surface area contributed by atoms with E-state index >= 15 is 0 Å². The fourth-order valence-electron chi connectivity index (χ4n) is 1.98. The molecule has 5 heteroatoms. The molecule has 2 N–H and O–H groups in total. The topological polar surface area (TPSA) is 64.8 Å². The summed E-state index contributed by atoms with van der Waals surface area (Å²) < 4.78 is 10.5. The maximum atomic E-state index is 12.2. The van der Waals surface area contributed by atoms with Gasteiger partial charge in [0.25, 0.3) is 0 Å². The van der Waals surface area contributed by atoms with Crippen LogP contribution in [0.4, 0.5) is 0 Å². The first-order valence-corrected chi connectivity index (χ1v) is 6.18. The summed E-state index contributed by atoms with van der Waals surface area (Å²) in [5.74, 6) is 1.06. The van der Waals surface area contributed by atoms with Crippen molar-refractivity contribution in [1.29, 1.82) is 0 Å². The Morgan fingerprint density at radius 1 is 1.26 bits per heavy atom. The quantitative estimate of drug-likeness (QED) is 0.841. The van der Waals surface area contributed by atoms with Gasteiger partial charge < -0.3 is 20.1 Å². The molecule has 0 aromatic heterocycles. The third-order valence-electron chi connectivity index (χ3n) is 3.00. The largest absolute Gasteiger partial charge is 0.493 e. The molecule has 0 saturated heterocycles. The highest BCUT2D eigenvalue weighted by atomic mass is 16.5. The molecule has 0 bridgehead atoms. The van der Waals surface area contributed by atoms with Gasteiger partial charge in [-0.3, -0.25) is 4.79 Å². The van der Waals surface area contributed by atoms with Crippen LogP contribution in [0.5, 0.6) is 11.5 Å². The molecule has 0 radical (unpaired) electrons. The number of hydrogen-bond donors (Lipinski definition) is 1. The number of rotatable bonds is 6. The molecule has 1 atom stereocenters. The van der Waals surface area contributed by atoms with Crippen LogP contribution in [0.2, 0.25) is 0 Å². The molecule has 1 rings (SSSR count). The number of nitrogens with two attached hydrogens (primary N) is 1. The zero-order valence-electron chi connectivity index (χ0n) is 12.0. The summed E-state index contributed by atoms with van der Waals surface area (Å²) in [7, 11) is 6.65. The monoisotopic (exact) mass is 266 g/mol. The Morgan fingerprint density at radius 2 is 1.89 bits per heavy atom. The third kappa shape index (κ3) is 3.61. The summed E-state index contributed by atoms with van der Waals surface area (Å²) in [5, 5.41) is 0. The Bertz CT molecular complexity index is 433. The molecule has 1 aromatic rings. The molecule has 19 heavy (non-hydrogen) atoms. The summed E-state index contributed by atoms with van der Waals surface area (Å²) in [5.41, 5.74) is 6.50. The van der Waals surface area contributed by atoms with Crippen LogP contribution in [0, 0.1) is 0 Å². The van der Waals surface area contributed by atoms with E-state index in [1.54, 1.807) is 39.3 Å². The number of benzene rings is 1. The molecule has 0 spiro atoms. The van der Waals surface area contributed by atoms with Crippen LogP contribution in [0.15, 0.2) is 18.2 Å². The lowest BCUT2D eigenvalue weighted by Gasteiger charge is -2.21. The molecule has 5 nitrogen and oxygen atoms in total. The number of carbonyl (C=O) groups excluding carboxylic acids is 1. The van der Waals surface area contributed by atoms with Crippen molar-refractivity contribution < 1.29 is 14.3 Å². The minimum Gasteiger partial charge on any atom is -0.493 e. The number of likely N-dealkylation sites (N-methyl/N-ethyl adjacent to an activating group) is 1. The fourth-order valence-corrected chi connectivity index (χ4v) is 1.98. The first-order valence-electron chi connectivity index (χ1n) is 6.18. The van der Waals surface area contributed by atoms with E-state index in [0.29, 0.717) is 24.5 Å². The van der Waals surface area contributed by atoms with Gasteiger partial charge in [0.1, 0.15) is 0 Å². The lowest BCUT2D eigenvalue weighted by atomic mass is 9.94. The van der Waals surface area contributed by atoms with Gasteiger partial charge in [0, 0.05) is 14.1 Å². The Hall–Kier alpha value is -1.75. The van der Waals surface area contributed by atoms with Crippen molar-refractivity contribution in [3.05, 3.63) is 23.8 Å². The Kier molecular flexibility index (Phi) is 5.63. The molecule has 0 aliphatic rings.